The van der Waals surface area contributed by atoms with Crippen LogP contribution in [0.4, 0.5) is 5.82 Å². The zero-order valence-electron chi connectivity index (χ0n) is 8.32. The molecule has 0 aliphatic heterocycles. The molecule has 0 bridgehead atoms. The van der Waals surface area contributed by atoms with Gasteiger partial charge in [-0.15, -0.1) is 0 Å². The molecule has 3 N–H and O–H groups in total. The Labute approximate surface area is 82.8 Å². The van der Waals surface area contributed by atoms with Gasteiger partial charge in [-0.25, -0.2) is 4.98 Å². The lowest BCUT2D eigenvalue weighted by Gasteiger charge is -2.08. The lowest BCUT2D eigenvalue weighted by Crippen LogP contribution is -2.13. The average molecular weight is 194 g/mol. The number of nitrogens with zero attached hydrogens (tertiary/aromatic N) is 1. The molecule has 0 saturated carbocycles. The van der Waals surface area contributed by atoms with Crippen molar-refractivity contribution in [1.82, 2.24) is 4.98 Å². The molecule has 0 spiro atoms. The van der Waals surface area contributed by atoms with E-state index < -0.39 is 11.9 Å². The van der Waals surface area contributed by atoms with Crippen LogP contribution in [-0.2, 0) is 11.2 Å². The van der Waals surface area contributed by atoms with Crippen LogP contribution in [0.2, 0.25) is 0 Å². The first-order valence-electron chi connectivity index (χ1n) is 4.44. The number of anilines is 1. The Hall–Kier alpha value is -1.58. The molecule has 76 valence electrons. The minimum Gasteiger partial charge on any atom is -0.481 e. The van der Waals surface area contributed by atoms with Gasteiger partial charge >= 0.3 is 5.97 Å². The van der Waals surface area contributed by atoms with E-state index >= 15 is 0 Å². The first kappa shape index (κ1) is 10.5. The van der Waals surface area contributed by atoms with E-state index in [-0.39, 0.29) is 0 Å². The third-order valence-corrected chi connectivity index (χ3v) is 2.09. The lowest BCUT2D eigenvalue weighted by atomic mass is 10.0. The zero-order valence-corrected chi connectivity index (χ0v) is 8.32. The van der Waals surface area contributed by atoms with Crippen LogP contribution < -0.4 is 5.73 Å². The highest BCUT2D eigenvalue weighted by molar-refractivity contribution is 5.70. The summed E-state index contributed by atoms with van der Waals surface area (Å²) >= 11 is 0. The molecule has 0 aromatic carbocycles. The third-order valence-electron chi connectivity index (χ3n) is 2.09. The van der Waals surface area contributed by atoms with Crippen LogP contribution in [0, 0.1) is 12.8 Å². The minimum atomic E-state index is -0.814. The van der Waals surface area contributed by atoms with Gasteiger partial charge in [-0.2, -0.15) is 0 Å². The summed E-state index contributed by atoms with van der Waals surface area (Å²) in [6, 6.07) is 1.88. The molecule has 4 heteroatoms. The number of carbonyl (C=O) groups is 1. The van der Waals surface area contributed by atoms with E-state index in [1.165, 1.54) is 0 Å². The van der Waals surface area contributed by atoms with Gasteiger partial charge in [0.25, 0.3) is 0 Å². The maximum Gasteiger partial charge on any atom is 0.306 e. The number of aromatic nitrogens is 1. The Bertz CT molecular complexity index is 350. The number of hydrogen-bond donors (Lipinski definition) is 2. The number of rotatable bonds is 3. The van der Waals surface area contributed by atoms with Crippen molar-refractivity contribution in [2.75, 3.05) is 5.73 Å². The fourth-order valence-electron chi connectivity index (χ4n) is 1.22. The van der Waals surface area contributed by atoms with Gasteiger partial charge in [-0.3, -0.25) is 4.79 Å². The number of nitrogens with two attached hydrogens (primary N) is 1. The van der Waals surface area contributed by atoms with Gasteiger partial charge in [0.1, 0.15) is 5.82 Å². The van der Waals surface area contributed by atoms with E-state index in [0.717, 1.165) is 11.1 Å². The fraction of sp³-hybridized carbons (Fsp3) is 0.400. The predicted molar refractivity (Wildman–Crippen MR) is 53.9 cm³/mol. The Morgan fingerprint density at radius 3 is 2.93 bits per heavy atom. The molecule has 1 heterocycles. The van der Waals surface area contributed by atoms with Gasteiger partial charge < -0.3 is 10.8 Å². The van der Waals surface area contributed by atoms with E-state index in [4.69, 9.17) is 10.8 Å². The highest BCUT2D eigenvalue weighted by Crippen LogP contribution is 2.15. The maximum atomic E-state index is 10.6. The molecule has 1 aromatic rings. The summed E-state index contributed by atoms with van der Waals surface area (Å²) in [6.45, 7) is 3.56. The van der Waals surface area contributed by atoms with Crippen LogP contribution in [0.3, 0.4) is 0 Å². The molecule has 0 aliphatic carbocycles. The first-order valence-corrected chi connectivity index (χ1v) is 4.44. The Morgan fingerprint density at radius 1 is 1.71 bits per heavy atom. The minimum absolute atomic E-state index is 0.420. The van der Waals surface area contributed by atoms with E-state index in [1.54, 1.807) is 13.1 Å². The summed E-state index contributed by atoms with van der Waals surface area (Å²) in [7, 11) is 0. The summed E-state index contributed by atoms with van der Waals surface area (Å²) in [6.07, 6.45) is 2.10. The molecule has 1 atom stereocenters. The molecule has 4 nitrogen and oxygen atoms in total. The van der Waals surface area contributed by atoms with Gasteiger partial charge in [-0.1, -0.05) is 13.0 Å². The van der Waals surface area contributed by atoms with Crippen molar-refractivity contribution in [1.29, 1.82) is 0 Å². The SMILES string of the molecule is Cc1cnc(N)c(CC(C)C(=O)O)c1. The summed E-state index contributed by atoms with van der Waals surface area (Å²) in [5.74, 6) is -0.824. The van der Waals surface area contributed by atoms with Crippen molar-refractivity contribution >= 4 is 11.8 Å². The number of pyridine rings is 1. The largest absolute Gasteiger partial charge is 0.481 e. The number of hydrogen-bond acceptors (Lipinski definition) is 3. The second-order valence-corrected chi connectivity index (χ2v) is 3.50. The topological polar surface area (TPSA) is 76.2 Å². The molecule has 1 aromatic heterocycles. The normalized spacial score (nSPS) is 12.4. The van der Waals surface area contributed by atoms with Crippen molar-refractivity contribution < 1.29 is 9.90 Å². The number of nitrogen functional groups attached to an aromatic ring is 1. The third kappa shape index (κ3) is 2.45. The van der Waals surface area contributed by atoms with Gasteiger partial charge in [0.15, 0.2) is 0 Å². The molecule has 0 aliphatic rings. The summed E-state index contributed by atoms with van der Waals surface area (Å²) in [5, 5.41) is 8.74. The van der Waals surface area contributed by atoms with Crippen LogP contribution in [0.25, 0.3) is 0 Å². The maximum absolute atomic E-state index is 10.6. The average Bonchev–Trinajstić information content (AvgIpc) is 2.11. The number of carboxylic acids is 1. The van der Waals surface area contributed by atoms with Crippen molar-refractivity contribution in [2.45, 2.75) is 20.3 Å². The fourth-order valence-corrected chi connectivity index (χ4v) is 1.22. The first-order chi connectivity index (χ1) is 6.50. The Morgan fingerprint density at radius 2 is 2.36 bits per heavy atom. The summed E-state index contributed by atoms with van der Waals surface area (Å²) in [4.78, 5) is 14.6. The van der Waals surface area contributed by atoms with Crippen molar-refractivity contribution in [2.24, 2.45) is 5.92 Å². The molecule has 1 unspecified atom stereocenters. The molecule has 0 fully saturated rings. The lowest BCUT2D eigenvalue weighted by molar-refractivity contribution is -0.141. The summed E-state index contributed by atoms with van der Waals surface area (Å²) in [5.41, 5.74) is 7.43. The molecule has 14 heavy (non-hydrogen) atoms. The molecule has 0 amide bonds. The quantitative estimate of drug-likeness (QED) is 0.758. The number of aryl methyl sites for hydroxylation is 1. The monoisotopic (exact) mass is 194 g/mol. The van der Waals surface area contributed by atoms with Crippen LogP contribution >= 0.6 is 0 Å². The van der Waals surface area contributed by atoms with Crippen molar-refractivity contribution in [3.63, 3.8) is 0 Å². The number of carboxylic acid groups (broad SMARTS) is 1. The van der Waals surface area contributed by atoms with Crippen LogP contribution in [0.15, 0.2) is 12.3 Å². The molecule has 1 rings (SSSR count). The van der Waals surface area contributed by atoms with E-state index in [0.29, 0.717) is 12.2 Å². The molecule has 0 saturated heterocycles. The van der Waals surface area contributed by atoms with Gasteiger partial charge in [0, 0.05) is 6.20 Å². The molecule has 0 radical (unpaired) electrons. The highest BCUT2D eigenvalue weighted by atomic mass is 16.4. The zero-order chi connectivity index (χ0) is 10.7. The smallest absolute Gasteiger partial charge is 0.306 e. The second-order valence-electron chi connectivity index (χ2n) is 3.50. The number of aliphatic carboxylic acids is 1. The van der Waals surface area contributed by atoms with Crippen molar-refractivity contribution in [3.05, 3.63) is 23.4 Å². The standard InChI is InChI=1S/C10H14N2O2/c1-6-3-8(9(11)12-5-6)4-7(2)10(13)14/h3,5,7H,4H2,1-2H3,(H2,11,12)(H,13,14). The van der Waals surface area contributed by atoms with Crippen molar-refractivity contribution in [3.8, 4) is 0 Å². The van der Waals surface area contributed by atoms with Crippen LogP contribution in [0.5, 0.6) is 0 Å². The summed E-state index contributed by atoms with van der Waals surface area (Å²) < 4.78 is 0. The predicted octanol–water partition coefficient (Wildman–Crippen LogP) is 1.24. The highest BCUT2D eigenvalue weighted by Gasteiger charge is 2.13. The van der Waals surface area contributed by atoms with E-state index in [2.05, 4.69) is 4.98 Å². The Balaban J connectivity index is 2.85. The van der Waals surface area contributed by atoms with Crippen LogP contribution in [0.1, 0.15) is 18.1 Å². The second kappa shape index (κ2) is 4.09. The molecular formula is C10H14N2O2. The van der Waals surface area contributed by atoms with Gasteiger partial charge in [0.05, 0.1) is 5.92 Å². The van der Waals surface area contributed by atoms with Gasteiger partial charge in [0.2, 0.25) is 0 Å². The van der Waals surface area contributed by atoms with E-state index in [9.17, 15) is 4.79 Å². The van der Waals surface area contributed by atoms with Gasteiger partial charge in [-0.05, 0) is 24.5 Å². The molecular weight excluding hydrogens is 180 g/mol. The van der Waals surface area contributed by atoms with Crippen LogP contribution in [-0.4, -0.2) is 16.1 Å². The van der Waals surface area contributed by atoms with E-state index in [1.807, 2.05) is 13.0 Å². The Kier molecular flexibility index (Phi) is 3.06.